The van der Waals surface area contributed by atoms with E-state index >= 15 is 0 Å². The number of nitro groups is 1. The predicted molar refractivity (Wildman–Crippen MR) is 106 cm³/mol. The van der Waals surface area contributed by atoms with E-state index in [1.54, 1.807) is 48.5 Å². The molecule has 1 aliphatic rings. The van der Waals surface area contributed by atoms with Gasteiger partial charge < -0.3 is 14.4 Å². The molecule has 1 atom stereocenters. The van der Waals surface area contributed by atoms with Crippen LogP contribution in [0.5, 0.6) is 0 Å². The second kappa shape index (κ2) is 7.67. The molecule has 8 heteroatoms. The van der Waals surface area contributed by atoms with Gasteiger partial charge in [0.2, 0.25) is 0 Å². The number of rotatable bonds is 5. The summed E-state index contributed by atoms with van der Waals surface area (Å²) in [6.45, 7) is -0.0835. The van der Waals surface area contributed by atoms with Crippen LogP contribution in [0.2, 0.25) is 0 Å². The molecule has 0 spiro atoms. The molecule has 1 amide bonds. The van der Waals surface area contributed by atoms with Gasteiger partial charge in [-0.05, 0) is 18.2 Å². The van der Waals surface area contributed by atoms with E-state index in [9.17, 15) is 24.8 Å². The highest BCUT2D eigenvalue weighted by atomic mass is 16.6. The number of aliphatic hydroxyl groups excluding tert-OH is 1. The van der Waals surface area contributed by atoms with Crippen LogP contribution < -0.4 is 0 Å². The molecule has 1 N–H and O–H groups in total. The van der Waals surface area contributed by atoms with Gasteiger partial charge in [-0.15, -0.1) is 0 Å². The summed E-state index contributed by atoms with van der Waals surface area (Å²) < 4.78 is 5.30. The standard InChI is InChI=1S/C22H16N2O6/c25-20(14-7-2-1-3-8-14)18-19(16-10-4-5-11-17(16)24(28)29)23(22(27)21(18)26)13-15-9-6-12-30-15/h1-12,19,25H,13H2/b20-18+/t19-/m1/s1. The van der Waals surface area contributed by atoms with E-state index in [0.29, 0.717) is 11.3 Å². The molecule has 8 nitrogen and oxygen atoms in total. The molecule has 0 radical (unpaired) electrons. The minimum atomic E-state index is -1.14. The molecule has 4 rings (SSSR count). The molecule has 30 heavy (non-hydrogen) atoms. The molecule has 0 bridgehead atoms. The summed E-state index contributed by atoms with van der Waals surface area (Å²) in [5, 5.41) is 22.5. The van der Waals surface area contributed by atoms with E-state index in [1.807, 2.05) is 0 Å². The molecule has 1 aromatic heterocycles. The lowest BCUT2D eigenvalue weighted by Gasteiger charge is -2.24. The molecule has 1 aliphatic heterocycles. The lowest BCUT2D eigenvalue weighted by molar-refractivity contribution is -0.385. The van der Waals surface area contributed by atoms with Crippen LogP contribution >= 0.6 is 0 Å². The second-order valence-corrected chi connectivity index (χ2v) is 6.69. The van der Waals surface area contributed by atoms with Crippen molar-refractivity contribution in [2.45, 2.75) is 12.6 Å². The molecule has 3 aromatic rings. The largest absolute Gasteiger partial charge is 0.507 e. The summed E-state index contributed by atoms with van der Waals surface area (Å²) in [5.41, 5.74) is 0.00248. The maximum atomic E-state index is 12.9. The number of para-hydroxylation sites is 1. The monoisotopic (exact) mass is 404 g/mol. The number of aliphatic hydroxyl groups is 1. The van der Waals surface area contributed by atoms with Crippen LogP contribution in [0.15, 0.2) is 83.0 Å². The van der Waals surface area contributed by atoms with Gasteiger partial charge in [0, 0.05) is 11.6 Å². The number of carbonyl (C=O) groups excluding carboxylic acids is 2. The first kappa shape index (κ1) is 19.1. The van der Waals surface area contributed by atoms with E-state index in [4.69, 9.17) is 4.42 Å². The van der Waals surface area contributed by atoms with Gasteiger partial charge >= 0.3 is 0 Å². The van der Waals surface area contributed by atoms with Crippen molar-refractivity contribution >= 4 is 23.1 Å². The van der Waals surface area contributed by atoms with Crippen molar-refractivity contribution in [3.8, 4) is 0 Å². The highest BCUT2D eigenvalue weighted by Gasteiger charge is 2.48. The molecular weight excluding hydrogens is 388 g/mol. The zero-order valence-corrected chi connectivity index (χ0v) is 15.6. The number of hydrogen-bond donors (Lipinski definition) is 1. The second-order valence-electron chi connectivity index (χ2n) is 6.69. The summed E-state index contributed by atoms with van der Waals surface area (Å²) in [4.78, 5) is 38.0. The van der Waals surface area contributed by atoms with Gasteiger partial charge in [0.25, 0.3) is 17.4 Å². The molecule has 0 aliphatic carbocycles. The Labute approximate surface area is 170 Å². The number of benzene rings is 2. The van der Waals surface area contributed by atoms with Crippen LogP contribution in [0.1, 0.15) is 22.9 Å². The van der Waals surface area contributed by atoms with Crippen molar-refractivity contribution in [3.63, 3.8) is 0 Å². The average molecular weight is 404 g/mol. The first-order chi connectivity index (χ1) is 14.5. The number of amides is 1. The van der Waals surface area contributed by atoms with Gasteiger partial charge in [0.1, 0.15) is 11.5 Å². The minimum Gasteiger partial charge on any atom is -0.507 e. The van der Waals surface area contributed by atoms with E-state index in [0.717, 1.165) is 0 Å². The fraction of sp³-hybridized carbons (Fsp3) is 0.0909. The molecule has 1 fully saturated rings. The highest BCUT2D eigenvalue weighted by Crippen LogP contribution is 2.43. The van der Waals surface area contributed by atoms with Crippen LogP contribution in [-0.2, 0) is 16.1 Å². The number of carbonyl (C=O) groups is 2. The number of nitro benzene ring substituents is 1. The summed E-state index contributed by atoms with van der Waals surface area (Å²) in [5.74, 6) is -1.77. The fourth-order valence-electron chi connectivity index (χ4n) is 3.57. The molecule has 150 valence electrons. The number of furan rings is 1. The summed E-state index contributed by atoms with van der Waals surface area (Å²) in [6.07, 6.45) is 1.43. The lowest BCUT2D eigenvalue weighted by atomic mass is 9.94. The highest BCUT2D eigenvalue weighted by molar-refractivity contribution is 6.46. The Balaban J connectivity index is 1.94. The maximum Gasteiger partial charge on any atom is 0.296 e. The molecule has 0 unspecified atom stereocenters. The fourth-order valence-corrected chi connectivity index (χ4v) is 3.57. The smallest absolute Gasteiger partial charge is 0.296 e. The summed E-state index contributed by atoms with van der Waals surface area (Å²) in [7, 11) is 0. The van der Waals surface area contributed by atoms with Crippen molar-refractivity contribution in [1.29, 1.82) is 0 Å². The first-order valence-corrected chi connectivity index (χ1v) is 9.08. The Hall–Kier alpha value is -4.20. The molecule has 1 saturated heterocycles. The van der Waals surface area contributed by atoms with Crippen LogP contribution in [0.4, 0.5) is 5.69 Å². The Bertz CT molecular complexity index is 1150. The first-order valence-electron chi connectivity index (χ1n) is 9.08. The zero-order chi connectivity index (χ0) is 21.3. The third kappa shape index (κ3) is 3.24. The topological polar surface area (TPSA) is 114 Å². The van der Waals surface area contributed by atoms with E-state index in [-0.39, 0.29) is 29.1 Å². The number of nitrogens with zero attached hydrogens (tertiary/aromatic N) is 2. The Morgan fingerprint density at radius 1 is 1.03 bits per heavy atom. The lowest BCUT2D eigenvalue weighted by Crippen LogP contribution is -2.29. The van der Waals surface area contributed by atoms with E-state index in [1.165, 1.54) is 29.4 Å². The maximum absolute atomic E-state index is 12.9. The summed E-state index contributed by atoms with van der Waals surface area (Å²) >= 11 is 0. The van der Waals surface area contributed by atoms with Crippen molar-refractivity contribution in [3.05, 3.63) is 106 Å². The number of ketones is 1. The van der Waals surface area contributed by atoms with Gasteiger partial charge in [-0.2, -0.15) is 0 Å². The zero-order valence-electron chi connectivity index (χ0n) is 15.6. The van der Waals surface area contributed by atoms with Crippen LogP contribution in [-0.4, -0.2) is 26.6 Å². The Morgan fingerprint density at radius 3 is 2.40 bits per heavy atom. The van der Waals surface area contributed by atoms with Gasteiger partial charge in [-0.1, -0.05) is 42.5 Å². The molecule has 2 aromatic carbocycles. The molecular formula is C22H16N2O6. The Kier molecular flexibility index (Phi) is 4.89. The van der Waals surface area contributed by atoms with Gasteiger partial charge in [0.05, 0.1) is 34.9 Å². The average Bonchev–Trinajstić information content (AvgIpc) is 3.36. The van der Waals surface area contributed by atoms with Crippen molar-refractivity contribution in [1.82, 2.24) is 4.90 Å². The van der Waals surface area contributed by atoms with Crippen LogP contribution in [0.3, 0.4) is 0 Å². The SMILES string of the molecule is O=C1C(=O)N(Cc2ccco2)[C@H](c2ccccc2[N+](=O)[O-])/C1=C(\O)c1ccccc1. The normalized spacial score (nSPS) is 18.0. The van der Waals surface area contributed by atoms with Crippen molar-refractivity contribution in [2.75, 3.05) is 0 Å². The number of Topliss-reactive ketones (excluding diaryl/α,β-unsaturated/α-hetero) is 1. The predicted octanol–water partition coefficient (Wildman–Crippen LogP) is 3.81. The van der Waals surface area contributed by atoms with Gasteiger partial charge in [0.15, 0.2) is 0 Å². The van der Waals surface area contributed by atoms with Crippen LogP contribution in [0, 0.1) is 10.1 Å². The minimum absolute atomic E-state index is 0.0835. The third-order valence-electron chi connectivity index (χ3n) is 4.92. The van der Waals surface area contributed by atoms with Gasteiger partial charge in [-0.25, -0.2) is 0 Å². The van der Waals surface area contributed by atoms with Crippen LogP contribution in [0.25, 0.3) is 5.76 Å². The molecule has 0 saturated carbocycles. The van der Waals surface area contributed by atoms with Gasteiger partial charge in [-0.3, -0.25) is 19.7 Å². The number of likely N-dealkylation sites (tertiary alicyclic amines) is 1. The van der Waals surface area contributed by atoms with E-state index in [2.05, 4.69) is 0 Å². The van der Waals surface area contributed by atoms with Crippen molar-refractivity contribution < 1.29 is 24.0 Å². The number of hydrogen-bond acceptors (Lipinski definition) is 6. The molecule has 2 heterocycles. The Morgan fingerprint density at radius 2 is 1.73 bits per heavy atom. The van der Waals surface area contributed by atoms with Crippen molar-refractivity contribution in [2.24, 2.45) is 0 Å². The quantitative estimate of drug-likeness (QED) is 0.227. The third-order valence-corrected chi connectivity index (χ3v) is 4.92. The van der Waals surface area contributed by atoms with E-state index < -0.39 is 22.7 Å². The summed E-state index contributed by atoms with van der Waals surface area (Å²) in [6, 6.07) is 16.2.